The second-order valence-electron chi connectivity index (χ2n) is 2.78. The second kappa shape index (κ2) is 4.21. The van der Waals surface area contributed by atoms with E-state index in [-0.39, 0.29) is 16.7 Å². The molecule has 0 saturated heterocycles. The molecule has 0 nitrogen and oxygen atoms in total. The molecule has 1 aromatic carbocycles. The van der Waals surface area contributed by atoms with E-state index in [2.05, 4.69) is 0 Å². The van der Waals surface area contributed by atoms with Crippen LogP contribution in [0.25, 0.3) is 0 Å². The normalized spacial score (nSPS) is 12.1. The Balaban J connectivity index is 2.74. The van der Waals surface area contributed by atoms with E-state index in [1.807, 2.05) is 0 Å². The molecule has 1 aromatic rings. The molecule has 0 N–H and O–H groups in total. The van der Waals surface area contributed by atoms with Crippen molar-refractivity contribution < 1.29 is 17.6 Å². The Bertz CT molecular complexity index is 294. The average Bonchev–Trinajstić information content (AvgIpc) is 2.08. The number of aryl methyl sites for hydroxylation is 1. The van der Waals surface area contributed by atoms with Crippen LogP contribution >= 0.6 is 11.8 Å². The molecule has 78 valence electrons. The molecule has 5 heteroatoms. The van der Waals surface area contributed by atoms with Crippen LogP contribution in [-0.2, 0) is 0 Å². The second-order valence-corrected chi connectivity index (χ2v) is 4.00. The number of alkyl halides is 4. The van der Waals surface area contributed by atoms with Gasteiger partial charge in [-0.1, -0.05) is 17.7 Å². The Morgan fingerprint density at radius 3 is 2.07 bits per heavy atom. The van der Waals surface area contributed by atoms with Crippen LogP contribution in [0.3, 0.4) is 0 Å². The third-order valence-corrected chi connectivity index (χ3v) is 2.49. The van der Waals surface area contributed by atoms with Crippen molar-refractivity contribution in [2.75, 3.05) is 0 Å². The van der Waals surface area contributed by atoms with Crippen LogP contribution in [0.5, 0.6) is 0 Å². The zero-order valence-electron chi connectivity index (χ0n) is 7.31. The van der Waals surface area contributed by atoms with Crippen molar-refractivity contribution in [2.24, 2.45) is 0 Å². The molecule has 0 amide bonds. The maximum Gasteiger partial charge on any atom is 0.357 e. The first-order chi connectivity index (χ1) is 6.42. The lowest BCUT2D eigenvalue weighted by Crippen LogP contribution is -2.21. The molecule has 0 fully saturated rings. The van der Waals surface area contributed by atoms with Crippen molar-refractivity contribution in [1.29, 1.82) is 0 Å². The lowest BCUT2D eigenvalue weighted by atomic mass is 10.2. The van der Waals surface area contributed by atoms with Crippen LogP contribution in [0, 0.1) is 6.92 Å². The fourth-order valence-corrected chi connectivity index (χ4v) is 1.48. The van der Waals surface area contributed by atoms with E-state index in [9.17, 15) is 17.6 Å². The molecule has 0 radical (unpaired) electrons. The summed E-state index contributed by atoms with van der Waals surface area (Å²) >= 11 is -0.121. The van der Waals surface area contributed by atoms with Gasteiger partial charge in [-0.25, -0.2) is 8.78 Å². The zero-order chi connectivity index (χ0) is 10.8. The Morgan fingerprint density at radius 1 is 1.14 bits per heavy atom. The number of thioether (sulfide) groups is 1. The van der Waals surface area contributed by atoms with E-state index in [0.717, 1.165) is 5.56 Å². The topological polar surface area (TPSA) is 0 Å². The Morgan fingerprint density at radius 2 is 1.64 bits per heavy atom. The van der Waals surface area contributed by atoms with E-state index >= 15 is 0 Å². The van der Waals surface area contributed by atoms with Crippen molar-refractivity contribution in [3.63, 3.8) is 0 Å². The SMILES string of the molecule is Cc1ccc(SC(F)(F)C(F)F)cc1. The highest BCUT2D eigenvalue weighted by Gasteiger charge is 2.41. The number of hydrogen-bond acceptors (Lipinski definition) is 1. The summed E-state index contributed by atoms with van der Waals surface area (Å²) in [6, 6.07) is 6.00. The molecule has 0 aliphatic rings. The Labute approximate surface area is 83.3 Å². The fourth-order valence-electron chi connectivity index (χ4n) is 0.808. The molecule has 1 rings (SSSR count). The quantitative estimate of drug-likeness (QED) is 0.553. The van der Waals surface area contributed by atoms with Crippen molar-refractivity contribution in [1.82, 2.24) is 0 Å². The average molecular weight is 224 g/mol. The monoisotopic (exact) mass is 224 g/mol. The molecule has 0 aliphatic carbocycles. The van der Waals surface area contributed by atoms with Crippen LogP contribution in [0.2, 0.25) is 0 Å². The third kappa shape index (κ3) is 2.90. The van der Waals surface area contributed by atoms with Gasteiger partial charge in [0.15, 0.2) is 0 Å². The minimum atomic E-state index is -4.02. The van der Waals surface area contributed by atoms with Crippen LogP contribution in [0.1, 0.15) is 5.56 Å². The summed E-state index contributed by atoms with van der Waals surface area (Å²) in [6.07, 6.45) is -3.64. The van der Waals surface area contributed by atoms with Crippen LogP contribution < -0.4 is 0 Å². The van der Waals surface area contributed by atoms with Gasteiger partial charge in [0.25, 0.3) is 0 Å². The molecule has 0 saturated carbocycles. The maximum atomic E-state index is 12.5. The summed E-state index contributed by atoms with van der Waals surface area (Å²) in [5.74, 6) is 0. The number of hydrogen-bond donors (Lipinski definition) is 0. The summed E-state index contributed by atoms with van der Waals surface area (Å²) in [7, 11) is 0. The van der Waals surface area contributed by atoms with Gasteiger partial charge < -0.3 is 0 Å². The molecule has 0 aromatic heterocycles. The third-order valence-electron chi connectivity index (χ3n) is 1.53. The highest BCUT2D eigenvalue weighted by molar-refractivity contribution is 8.00. The largest absolute Gasteiger partial charge is 0.357 e. The number of halogens is 4. The molecular formula is C9H8F4S. The van der Waals surface area contributed by atoms with Gasteiger partial charge in [0, 0.05) is 4.90 Å². The standard InChI is InChI=1S/C9H8F4S/c1-6-2-4-7(5-3-6)14-9(12,13)8(10)11/h2-5,8H,1H3. The van der Waals surface area contributed by atoms with Gasteiger partial charge in [0.1, 0.15) is 0 Å². The highest BCUT2D eigenvalue weighted by atomic mass is 32.2. The van der Waals surface area contributed by atoms with Crippen LogP contribution in [-0.4, -0.2) is 11.7 Å². The van der Waals surface area contributed by atoms with Gasteiger partial charge in [0.2, 0.25) is 0 Å². The molecular weight excluding hydrogens is 216 g/mol. The molecule has 0 unspecified atom stereocenters. The van der Waals surface area contributed by atoms with Crippen molar-refractivity contribution in [3.05, 3.63) is 29.8 Å². The molecule has 0 bridgehead atoms. The zero-order valence-corrected chi connectivity index (χ0v) is 8.12. The molecule has 14 heavy (non-hydrogen) atoms. The first-order valence-electron chi connectivity index (χ1n) is 3.83. The van der Waals surface area contributed by atoms with Gasteiger partial charge in [-0.2, -0.15) is 8.78 Å². The van der Waals surface area contributed by atoms with Gasteiger partial charge in [0.05, 0.1) is 0 Å². The molecule has 0 heterocycles. The van der Waals surface area contributed by atoms with E-state index in [4.69, 9.17) is 0 Å². The Kier molecular flexibility index (Phi) is 3.42. The predicted molar refractivity (Wildman–Crippen MR) is 48.0 cm³/mol. The number of rotatable bonds is 3. The van der Waals surface area contributed by atoms with E-state index < -0.39 is 11.7 Å². The van der Waals surface area contributed by atoms with E-state index in [0.29, 0.717) is 0 Å². The van der Waals surface area contributed by atoms with Gasteiger partial charge in [-0.15, -0.1) is 0 Å². The maximum absolute atomic E-state index is 12.5. The minimum Gasteiger partial charge on any atom is -0.202 e. The van der Waals surface area contributed by atoms with Crippen LogP contribution in [0.4, 0.5) is 17.6 Å². The fraction of sp³-hybridized carbons (Fsp3) is 0.333. The van der Waals surface area contributed by atoms with Crippen molar-refractivity contribution in [2.45, 2.75) is 23.5 Å². The van der Waals surface area contributed by atoms with Gasteiger partial charge in [-0.05, 0) is 30.8 Å². The van der Waals surface area contributed by atoms with E-state index in [1.54, 1.807) is 19.1 Å². The first-order valence-corrected chi connectivity index (χ1v) is 4.65. The summed E-state index contributed by atoms with van der Waals surface area (Å²) in [6.45, 7) is 1.79. The lowest BCUT2D eigenvalue weighted by molar-refractivity contribution is -0.0563. The summed E-state index contributed by atoms with van der Waals surface area (Å²) < 4.78 is 48.7. The van der Waals surface area contributed by atoms with Gasteiger partial charge >= 0.3 is 11.7 Å². The molecule has 0 atom stereocenters. The van der Waals surface area contributed by atoms with E-state index in [1.165, 1.54) is 12.1 Å². The summed E-state index contributed by atoms with van der Waals surface area (Å²) in [4.78, 5) is 0.140. The Hall–Kier alpha value is -0.710. The molecule has 0 aliphatic heterocycles. The smallest absolute Gasteiger partial charge is 0.202 e. The van der Waals surface area contributed by atoms with Gasteiger partial charge in [-0.3, -0.25) is 0 Å². The van der Waals surface area contributed by atoms with Crippen LogP contribution in [0.15, 0.2) is 29.2 Å². The summed E-state index contributed by atoms with van der Waals surface area (Å²) in [5.41, 5.74) is 0.898. The minimum absolute atomic E-state index is 0.121. The molecule has 0 spiro atoms. The highest BCUT2D eigenvalue weighted by Crippen LogP contribution is 2.40. The number of benzene rings is 1. The van der Waals surface area contributed by atoms with Crippen molar-refractivity contribution >= 4 is 11.8 Å². The van der Waals surface area contributed by atoms with Crippen molar-refractivity contribution in [3.8, 4) is 0 Å². The first kappa shape index (κ1) is 11.4. The predicted octanol–water partition coefficient (Wildman–Crippen LogP) is 3.95. The summed E-state index contributed by atoms with van der Waals surface area (Å²) in [5, 5.41) is -4.02. The lowest BCUT2D eigenvalue weighted by Gasteiger charge is -2.14.